The van der Waals surface area contributed by atoms with Gasteiger partial charge in [-0.25, -0.2) is 0 Å². The average Bonchev–Trinajstić information content (AvgIpc) is 2.68. The monoisotopic (exact) mass is 301 g/mol. The third kappa shape index (κ3) is 2.33. The summed E-state index contributed by atoms with van der Waals surface area (Å²) in [7, 11) is 0. The molecular weight excluding hydrogens is 300 g/mol. The molecule has 13 heteroatoms. The third-order valence-corrected chi connectivity index (χ3v) is 2.05. The summed E-state index contributed by atoms with van der Waals surface area (Å²) in [6.45, 7) is 0. The van der Waals surface area contributed by atoms with E-state index in [1.54, 1.807) is 0 Å². The summed E-state index contributed by atoms with van der Waals surface area (Å²) in [5.74, 6) is -2.46. The second-order valence-corrected chi connectivity index (χ2v) is 3.40. The summed E-state index contributed by atoms with van der Waals surface area (Å²) >= 11 is 0. The lowest BCUT2D eigenvalue weighted by Crippen LogP contribution is -2.18. The maximum absolute atomic E-state index is 12.6. The Morgan fingerprint density at radius 3 is 2.15 bits per heavy atom. The molecule has 0 fully saturated rings. The Morgan fingerprint density at radius 2 is 1.70 bits per heavy atom. The molecule has 0 aliphatic rings. The van der Waals surface area contributed by atoms with E-state index < -0.39 is 40.4 Å². The maximum atomic E-state index is 12.6. The van der Waals surface area contributed by atoms with Crippen LogP contribution < -0.4 is 0 Å². The molecule has 7 nitrogen and oxygen atoms in total. The first kappa shape index (κ1) is 14.0. The average molecular weight is 301 g/mol. The second-order valence-electron chi connectivity index (χ2n) is 3.40. The Hall–Kier alpha value is -2.47. The number of rotatable bonds is 1. The van der Waals surface area contributed by atoms with Crippen molar-refractivity contribution in [1.82, 2.24) is 19.6 Å². The first-order chi connectivity index (χ1) is 9.00. The molecule has 2 rings (SSSR count). The zero-order chi connectivity index (χ0) is 15.3. The molecule has 0 unspecified atom stereocenters. The lowest BCUT2D eigenvalue weighted by atomic mass is 10.3. The molecule has 0 N–H and O–H groups in total. The SMILES string of the molecule is O=[N+]([O-])c1nc2nc(C(F)(F)F)cc(C(F)(F)F)n2n1. The first-order valence-electron chi connectivity index (χ1n) is 4.57. The minimum atomic E-state index is -5.22. The number of nitro groups is 1. The minimum Gasteiger partial charge on any atom is -0.390 e. The van der Waals surface area contributed by atoms with Crippen LogP contribution >= 0.6 is 0 Å². The highest BCUT2D eigenvalue weighted by molar-refractivity contribution is 5.36. The van der Waals surface area contributed by atoms with Crippen molar-refractivity contribution in [3.63, 3.8) is 0 Å². The molecule has 0 amide bonds. The highest BCUT2D eigenvalue weighted by Crippen LogP contribution is 2.34. The van der Waals surface area contributed by atoms with Gasteiger partial charge in [-0.1, -0.05) is 0 Å². The topological polar surface area (TPSA) is 86.2 Å². The van der Waals surface area contributed by atoms with Crippen molar-refractivity contribution in [2.75, 3.05) is 0 Å². The van der Waals surface area contributed by atoms with Gasteiger partial charge in [0.1, 0.15) is 0 Å². The summed E-state index contributed by atoms with van der Waals surface area (Å²) in [6.07, 6.45) is -10.4. The van der Waals surface area contributed by atoms with Gasteiger partial charge >= 0.3 is 24.1 Å². The molecule has 0 saturated carbocycles. The molecule has 0 bridgehead atoms. The van der Waals surface area contributed by atoms with Crippen molar-refractivity contribution in [3.8, 4) is 0 Å². The van der Waals surface area contributed by atoms with Gasteiger partial charge in [-0.2, -0.15) is 31.3 Å². The highest BCUT2D eigenvalue weighted by Gasteiger charge is 2.42. The molecule has 0 aliphatic heterocycles. The van der Waals surface area contributed by atoms with Crippen LogP contribution in [0, 0.1) is 10.1 Å². The minimum absolute atomic E-state index is 0.159. The van der Waals surface area contributed by atoms with Crippen LogP contribution in [-0.4, -0.2) is 24.5 Å². The lowest BCUT2D eigenvalue weighted by molar-refractivity contribution is -0.394. The molecule has 2 aromatic rings. The summed E-state index contributed by atoms with van der Waals surface area (Å²) in [5.41, 5.74) is -3.74. The largest absolute Gasteiger partial charge is 0.493 e. The number of alkyl halides is 6. The number of hydrogen-bond acceptors (Lipinski definition) is 5. The summed E-state index contributed by atoms with van der Waals surface area (Å²) in [6, 6.07) is -0.300. The molecular formula is C7HF6N5O2. The van der Waals surface area contributed by atoms with Gasteiger partial charge in [-0.3, -0.25) is 0 Å². The van der Waals surface area contributed by atoms with Gasteiger partial charge < -0.3 is 10.1 Å². The van der Waals surface area contributed by atoms with Gasteiger partial charge in [0.05, 0.1) is 0 Å². The van der Waals surface area contributed by atoms with Crippen LogP contribution in [0.4, 0.5) is 32.3 Å². The van der Waals surface area contributed by atoms with Crippen molar-refractivity contribution < 1.29 is 31.3 Å². The van der Waals surface area contributed by atoms with E-state index in [4.69, 9.17) is 0 Å². The van der Waals surface area contributed by atoms with Crippen LogP contribution in [0.3, 0.4) is 0 Å². The standard InChI is InChI=1S/C7HF6N5O2/c8-6(9,10)2-1-3(7(11,12)13)17-4(14-2)15-5(16-17)18(19)20/h1H. The number of halogens is 6. The molecule has 0 spiro atoms. The van der Waals surface area contributed by atoms with Crippen molar-refractivity contribution in [1.29, 1.82) is 0 Å². The van der Waals surface area contributed by atoms with E-state index >= 15 is 0 Å². The van der Waals surface area contributed by atoms with Crippen LogP contribution in [-0.2, 0) is 12.4 Å². The summed E-state index contributed by atoms with van der Waals surface area (Å²) in [4.78, 5) is 14.8. The second kappa shape index (κ2) is 4.01. The van der Waals surface area contributed by atoms with Crippen LogP contribution in [0.15, 0.2) is 6.07 Å². The van der Waals surface area contributed by atoms with Gasteiger partial charge in [0, 0.05) is 11.2 Å². The van der Waals surface area contributed by atoms with E-state index in [-0.39, 0.29) is 10.6 Å². The van der Waals surface area contributed by atoms with Crippen LogP contribution in [0.2, 0.25) is 0 Å². The van der Waals surface area contributed by atoms with Crippen LogP contribution in [0.1, 0.15) is 11.4 Å². The smallest absolute Gasteiger partial charge is 0.390 e. The normalized spacial score (nSPS) is 12.9. The van der Waals surface area contributed by atoms with Crippen molar-refractivity contribution in [2.24, 2.45) is 0 Å². The fourth-order valence-electron chi connectivity index (χ4n) is 1.28. The van der Waals surface area contributed by atoms with Crippen LogP contribution in [0.5, 0.6) is 0 Å². The van der Waals surface area contributed by atoms with Gasteiger partial charge in [-0.15, -0.1) is 4.52 Å². The predicted octanol–water partition coefficient (Wildman–Crippen LogP) is 2.07. The third-order valence-electron chi connectivity index (χ3n) is 2.05. The Bertz CT molecular complexity index is 689. The number of nitrogens with zero attached hydrogens (tertiary/aromatic N) is 5. The van der Waals surface area contributed by atoms with Crippen LogP contribution in [0.25, 0.3) is 5.78 Å². The van der Waals surface area contributed by atoms with E-state index in [1.807, 2.05) is 0 Å². The van der Waals surface area contributed by atoms with E-state index in [0.29, 0.717) is 0 Å². The molecule has 2 heterocycles. The lowest BCUT2D eigenvalue weighted by Gasteiger charge is -2.09. The Morgan fingerprint density at radius 1 is 1.10 bits per heavy atom. The Kier molecular flexibility index (Phi) is 2.80. The van der Waals surface area contributed by atoms with Gasteiger partial charge in [0.2, 0.25) is 0 Å². The molecule has 20 heavy (non-hydrogen) atoms. The van der Waals surface area contributed by atoms with E-state index in [1.165, 1.54) is 0 Å². The van der Waals surface area contributed by atoms with Gasteiger partial charge in [0.15, 0.2) is 11.4 Å². The van der Waals surface area contributed by atoms with Gasteiger partial charge in [-0.05, 0) is 9.91 Å². The highest BCUT2D eigenvalue weighted by atomic mass is 19.4. The fourth-order valence-corrected chi connectivity index (χ4v) is 1.28. The number of fused-ring (bicyclic) bond motifs is 1. The number of aromatic nitrogens is 4. The zero-order valence-electron chi connectivity index (χ0n) is 8.90. The predicted molar refractivity (Wildman–Crippen MR) is 47.4 cm³/mol. The van der Waals surface area contributed by atoms with Crippen molar-refractivity contribution in [2.45, 2.75) is 12.4 Å². The van der Waals surface area contributed by atoms with Crippen molar-refractivity contribution in [3.05, 3.63) is 27.6 Å². The molecule has 108 valence electrons. The first-order valence-corrected chi connectivity index (χ1v) is 4.57. The summed E-state index contributed by atoms with van der Waals surface area (Å²) in [5, 5.41) is 13.2. The molecule has 2 aromatic heterocycles. The molecule has 0 aromatic carbocycles. The quantitative estimate of drug-likeness (QED) is 0.457. The Labute approximate surface area is 104 Å². The maximum Gasteiger partial charge on any atom is 0.493 e. The molecule has 0 atom stereocenters. The zero-order valence-corrected chi connectivity index (χ0v) is 8.90. The number of hydrogen-bond donors (Lipinski definition) is 0. The van der Waals surface area contributed by atoms with E-state index in [9.17, 15) is 36.5 Å². The Balaban J connectivity index is 2.82. The molecule has 0 saturated heterocycles. The molecule has 0 radical (unpaired) electrons. The molecule has 0 aliphatic carbocycles. The fraction of sp³-hybridized carbons (Fsp3) is 0.286. The van der Waals surface area contributed by atoms with E-state index in [0.717, 1.165) is 0 Å². The van der Waals surface area contributed by atoms with Crippen molar-refractivity contribution >= 4 is 11.7 Å². The summed E-state index contributed by atoms with van der Waals surface area (Å²) < 4.78 is 75.1. The van der Waals surface area contributed by atoms with E-state index in [2.05, 4.69) is 15.1 Å². The van der Waals surface area contributed by atoms with Gasteiger partial charge in [0.25, 0.3) is 0 Å².